The average Bonchev–Trinajstić information content (AvgIpc) is 2.47. The highest BCUT2D eigenvalue weighted by atomic mass is 16.5. The molecular weight excluding hydrogens is 236 g/mol. The summed E-state index contributed by atoms with van der Waals surface area (Å²) in [5.41, 5.74) is 1.90. The molecule has 0 aliphatic carbocycles. The van der Waals surface area contributed by atoms with E-state index in [4.69, 9.17) is 4.74 Å². The van der Waals surface area contributed by atoms with Crippen molar-refractivity contribution in [2.45, 2.75) is 52.9 Å². The first-order chi connectivity index (χ1) is 9.21. The van der Waals surface area contributed by atoms with Gasteiger partial charge >= 0.3 is 5.97 Å². The van der Waals surface area contributed by atoms with Crippen molar-refractivity contribution in [3.05, 3.63) is 35.4 Å². The molecule has 1 aromatic carbocycles. The number of hydrogen-bond donors (Lipinski definition) is 0. The zero-order chi connectivity index (χ0) is 14.1. The summed E-state index contributed by atoms with van der Waals surface area (Å²) in [7, 11) is 0. The molecule has 1 aromatic rings. The van der Waals surface area contributed by atoms with Crippen LogP contribution >= 0.6 is 0 Å². The molecule has 0 heterocycles. The van der Waals surface area contributed by atoms with Crippen molar-refractivity contribution in [1.29, 1.82) is 0 Å². The third-order valence-corrected chi connectivity index (χ3v) is 3.59. The highest BCUT2D eigenvalue weighted by molar-refractivity contribution is 5.89. The molecule has 0 radical (unpaired) electrons. The fraction of sp³-hybridized carbons (Fsp3) is 0.588. The predicted octanol–water partition coefficient (Wildman–Crippen LogP) is 4.62. The fourth-order valence-electron chi connectivity index (χ4n) is 2.05. The minimum atomic E-state index is -0.197. The molecule has 0 aliphatic heterocycles. The van der Waals surface area contributed by atoms with Gasteiger partial charge in [0.2, 0.25) is 0 Å². The summed E-state index contributed by atoms with van der Waals surface area (Å²) in [6, 6.07) is 7.69. The highest BCUT2D eigenvalue weighted by Crippen LogP contribution is 2.14. The number of benzene rings is 1. The molecule has 0 saturated heterocycles. The third-order valence-electron chi connectivity index (χ3n) is 3.59. The number of carbonyl (C=O) groups excluding carboxylic acids is 1. The molecule has 0 N–H and O–H groups in total. The largest absolute Gasteiger partial charge is 0.462 e. The molecule has 1 unspecified atom stereocenters. The van der Waals surface area contributed by atoms with Crippen LogP contribution in [-0.4, -0.2) is 12.6 Å². The van der Waals surface area contributed by atoms with Crippen LogP contribution in [0.2, 0.25) is 0 Å². The minimum Gasteiger partial charge on any atom is -0.462 e. The molecule has 0 saturated carbocycles. The lowest BCUT2D eigenvalue weighted by molar-refractivity contribution is 0.0428. The Labute approximate surface area is 117 Å². The zero-order valence-electron chi connectivity index (χ0n) is 12.4. The van der Waals surface area contributed by atoms with Gasteiger partial charge in [-0.2, -0.15) is 0 Å². The lowest BCUT2D eigenvalue weighted by Crippen LogP contribution is -2.14. The van der Waals surface area contributed by atoms with Crippen molar-refractivity contribution in [2.75, 3.05) is 6.61 Å². The normalized spacial score (nSPS) is 12.2. The maximum Gasteiger partial charge on any atom is 0.338 e. The van der Waals surface area contributed by atoms with Crippen LogP contribution in [0.1, 0.15) is 62.4 Å². The zero-order valence-corrected chi connectivity index (χ0v) is 12.4. The molecule has 0 aromatic heterocycles. The van der Waals surface area contributed by atoms with E-state index in [9.17, 15) is 4.79 Å². The third kappa shape index (κ3) is 5.46. The Balaban J connectivity index is 2.44. The molecule has 0 fully saturated rings. The van der Waals surface area contributed by atoms with E-state index in [0.717, 1.165) is 19.3 Å². The average molecular weight is 262 g/mol. The van der Waals surface area contributed by atoms with Crippen molar-refractivity contribution >= 4 is 5.97 Å². The number of rotatable bonds is 8. The topological polar surface area (TPSA) is 26.3 Å². The van der Waals surface area contributed by atoms with Crippen LogP contribution in [0.15, 0.2) is 24.3 Å². The summed E-state index contributed by atoms with van der Waals surface area (Å²) >= 11 is 0. The molecule has 0 spiro atoms. The standard InChI is InChI=1S/C17H26O2/c1-4-7-8-15(6-3)13-19-17(18)16-11-9-14(5-2)10-12-16/h9-12,15H,4-8,13H2,1-3H3. The van der Waals surface area contributed by atoms with E-state index in [0.29, 0.717) is 18.1 Å². The quantitative estimate of drug-likeness (QED) is 0.639. The van der Waals surface area contributed by atoms with Crippen LogP contribution < -0.4 is 0 Å². The molecule has 19 heavy (non-hydrogen) atoms. The molecule has 1 atom stereocenters. The number of esters is 1. The van der Waals surface area contributed by atoms with Crippen LogP contribution in [0.5, 0.6) is 0 Å². The Morgan fingerprint density at radius 1 is 1.16 bits per heavy atom. The van der Waals surface area contributed by atoms with E-state index in [1.54, 1.807) is 0 Å². The van der Waals surface area contributed by atoms with Crippen LogP contribution in [0.25, 0.3) is 0 Å². The number of ether oxygens (including phenoxy) is 1. The van der Waals surface area contributed by atoms with Gasteiger partial charge in [0.1, 0.15) is 0 Å². The van der Waals surface area contributed by atoms with E-state index in [-0.39, 0.29) is 5.97 Å². The van der Waals surface area contributed by atoms with E-state index in [1.807, 2.05) is 24.3 Å². The van der Waals surface area contributed by atoms with Gasteiger partial charge in [0.05, 0.1) is 12.2 Å². The van der Waals surface area contributed by atoms with Gasteiger partial charge in [-0.3, -0.25) is 0 Å². The highest BCUT2D eigenvalue weighted by Gasteiger charge is 2.11. The molecule has 0 amide bonds. The summed E-state index contributed by atoms with van der Waals surface area (Å²) in [6.07, 6.45) is 5.62. The second-order valence-electron chi connectivity index (χ2n) is 5.07. The van der Waals surface area contributed by atoms with E-state index in [2.05, 4.69) is 20.8 Å². The first kappa shape index (κ1) is 15.7. The smallest absolute Gasteiger partial charge is 0.338 e. The van der Waals surface area contributed by atoms with Gasteiger partial charge in [-0.1, -0.05) is 52.2 Å². The molecule has 0 aliphatic rings. The Kier molecular flexibility index (Phi) is 7.24. The minimum absolute atomic E-state index is 0.197. The molecule has 2 heteroatoms. The van der Waals surface area contributed by atoms with Crippen LogP contribution in [0.3, 0.4) is 0 Å². The maximum absolute atomic E-state index is 11.9. The monoisotopic (exact) mass is 262 g/mol. The summed E-state index contributed by atoms with van der Waals surface area (Å²) < 4.78 is 5.41. The number of aryl methyl sites for hydroxylation is 1. The Morgan fingerprint density at radius 3 is 2.37 bits per heavy atom. The Bertz CT molecular complexity index is 367. The van der Waals surface area contributed by atoms with Crippen LogP contribution in [-0.2, 0) is 11.2 Å². The van der Waals surface area contributed by atoms with Crippen molar-refractivity contribution in [2.24, 2.45) is 5.92 Å². The molecule has 2 nitrogen and oxygen atoms in total. The lowest BCUT2D eigenvalue weighted by atomic mass is 10.0. The van der Waals surface area contributed by atoms with Gasteiger partial charge in [0.25, 0.3) is 0 Å². The van der Waals surface area contributed by atoms with E-state index < -0.39 is 0 Å². The first-order valence-electron chi connectivity index (χ1n) is 7.47. The SMILES string of the molecule is CCCCC(CC)COC(=O)c1ccc(CC)cc1. The summed E-state index contributed by atoms with van der Waals surface area (Å²) in [6.45, 7) is 7.00. The summed E-state index contributed by atoms with van der Waals surface area (Å²) in [4.78, 5) is 11.9. The van der Waals surface area contributed by atoms with Crippen molar-refractivity contribution in [3.8, 4) is 0 Å². The van der Waals surface area contributed by atoms with Gasteiger partial charge in [-0.15, -0.1) is 0 Å². The Hall–Kier alpha value is -1.31. The fourth-order valence-corrected chi connectivity index (χ4v) is 2.05. The van der Waals surface area contributed by atoms with Gasteiger partial charge in [0.15, 0.2) is 0 Å². The van der Waals surface area contributed by atoms with Crippen molar-refractivity contribution in [3.63, 3.8) is 0 Å². The molecular formula is C17H26O2. The second kappa shape index (κ2) is 8.73. The van der Waals surface area contributed by atoms with Gasteiger partial charge in [-0.05, 0) is 36.5 Å². The Morgan fingerprint density at radius 2 is 1.84 bits per heavy atom. The van der Waals surface area contributed by atoms with Crippen molar-refractivity contribution < 1.29 is 9.53 Å². The van der Waals surface area contributed by atoms with E-state index in [1.165, 1.54) is 18.4 Å². The van der Waals surface area contributed by atoms with Crippen LogP contribution in [0.4, 0.5) is 0 Å². The number of hydrogen-bond acceptors (Lipinski definition) is 2. The van der Waals surface area contributed by atoms with Crippen LogP contribution in [0, 0.1) is 5.92 Å². The van der Waals surface area contributed by atoms with Crippen molar-refractivity contribution in [1.82, 2.24) is 0 Å². The maximum atomic E-state index is 11.9. The second-order valence-corrected chi connectivity index (χ2v) is 5.07. The van der Waals surface area contributed by atoms with Gasteiger partial charge < -0.3 is 4.74 Å². The van der Waals surface area contributed by atoms with Gasteiger partial charge in [0, 0.05) is 0 Å². The summed E-state index contributed by atoms with van der Waals surface area (Å²) in [5, 5.41) is 0. The number of unbranched alkanes of at least 4 members (excludes halogenated alkanes) is 1. The molecule has 1 rings (SSSR count). The number of carbonyl (C=O) groups is 1. The predicted molar refractivity (Wildman–Crippen MR) is 79.4 cm³/mol. The molecule has 0 bridgehead atoms. The lowest BCUT2D eigenvalue weighted by Gasteiger charge is -2.14. The molecule has 106 valence electrons. The first-order valence-corrected chi connectivity index (χ1v) is 7.47. The van der Waals surface area contributed by atoms with E-state index >= 15 is 0 Å². The summed E-state index contributed by atoms with van der Waals surface area (Å²) in [5.74, 6) is 0.302. The van der Waals surface area contributed by atoms with Gasteiger partial charge in [-0.25, -0.2) is 4.79 Å².